The molecule has 0 radical (unpaired) electrons. The molecule has 162 valence electrons. The number of rotatable bonds is 3. The Morgan fingerprint density at radius 1 is 1.03 bits per heavy atom. The van der Waals surface area contributed by atoms with Gasteiger partial charge in [0.05, 0.1) is 6.20 Å². The molecule has 4 heterocycles. The van der Waals surface area contributed by atoms with Gasteiger partial charge in [0.1, 0.15) is 6.04 Å². The van der Waals surface area contributed by atoms with Crippen LogP contribution in [-0.2, 0) is 9.59 Å². The fourth-order valence-corrected chi connectivity index (χ4v) is 5.97. The molecule has 4 fully saturated rings. The molecule has 1 aromatic rings. The molecular formula is C22H31N5O3. The van der Waals surface area contributed by atoms with Gasteiger partial charge in [-0.3, -0.25) is 19.7 Å². The van der Waals surface area contributed by atoms with Gasteiger partial charge in [-0.25, -0.2) is 4.68 Å². The smallest absolute Gasteiger partial charge is 0.267 e. The molecule has 1 unspecified atom stereocenters. The van der Waals surface area contributed by atoms with Crippen LogP contribution >= 0.6 is 0 Å². The molecule has 4 aliphatic rings. The van der Waals surface area contributed by atoms with E-state index in [4.69, 9.17) is 0 Å². The first-order valence-electron chi connectivity index (χ1n) is 11.4. The maximum atomic E-state index is 12.6. The number of nitrogens with zero attached hydrogens (tertiary/aromatic N) is 3. The van der Waals surface area contributed by atoms with Gasteiger partial charge in [-0.05, 0) is 88.0 Å². The zero-order chi connectivity index (χ0) is 20.7. The monoisotopic (exact) mass is 413 g/mol. The van der Waals surface area contributed by atoms with Gasteiger partial charge in [0, 0.05) is 18.5 Å². The molecule has 8 nitrogen and oxygen atoms in total. The second-order valence-corrected chi connectivity index (χ2v) is 9.66. The number of hydrogen-bond acceptors (Lipinski definition) is 6. The Kier molecular flexibility index (Phi) is 5.23. The first kappa shape index (κ1) is 19.9. The van der Waals surface area contributed by atoms with Gasteiger partial charge < -0.3 is 10.2 Å². The van der Waals surface area contributed by atoms with Crippen molar-refractivity contribution in [1.29, 1.82) is 0 Å². The molecule has 0 bridgehead atoms. The molecule has 2 N–H and O–H groups in total. The van der Waals surface area contributed by atoms with Gasteiger partial charge in [0.2, 0.25) is 5.91 Å². The lowest BCUT2D eigenvalue weighted by molar-refractivity contribution is -0.136. The number of carbonyl (C=O) groups excluding carboxylic acids is 2. The van der Waals surface area contributed by atoms with Crippen molar-refractivity contribution >= 4 is 11.8 Å². The van der Waals surface area contributed by atoms with Crippen LogP contribution < -0.4 is 16.2 Å². The lowest BCUT2D eigenvalue weighted by Gasteiger charge is -2.55. The zero-order valence-electron chi connectivity index (χ0n) is 17.4. The fourth-order valence-electron chi connectivity index (χ4n) is 5.97. The van der Waals surface area contributed by atoms with Crippen LogP contribution in [0, 0.1) is 5.41 Å². The van der Waals surface area contributed by atoms with Gasteiger partial charge in [-0.2, -0.15) is 5.10 Å². The first-order valence-corrected chi connectivity index (χ1v) is 11.4. The van der Waals surface area contributed by atoms with Gasteiger partial charge >= 0.3 is 0 Å². The molecular weight excluding hydrogens is 382 g/mol. The van der Waals surface area contributed by atoms with E-state index in [2.05, 4.69) is 20.6 Å². The molecule has 1 saturated carbocycles. The molecule has 2 amide bonds. The molecule has 3 aliphatic heterocycles. The number of amides is 2. The standard InChI is InChI=1S/C22H31N5O3/c28-19-2-1-18(21(30)25-19)27-20(29)11-16(14-24-27)15-3-9-26(10-4-15)17-12-22(13-17)5-7-23-8-6-22/h11,14-15,17-18,23H,1-10,12-13H2,(H,25,28,30). The van der Waals surface area contributed by atoms with Crippen LogP contribution in [0.2, 0.25) is 0 Å². The average molecular weight is 414 g/mol. The van der Waals surface area contributed by atoms with Crippen molar-refractivity contribution in [2.75, 3.05) is 26.2 Å². The van der Waals surface area contributed by atoms with Crippen LogP contribution in [0.15, 0.2) is 17.1 Å². The van der Waals surface area contributed by atoms with Crippen molar-refractivity contribution in [3.8, 4) is 0 Å². The summed E-state index contributed by atoms with van der Waals surface area (Å²) in [6, 6.07) is 1.69. The van der Waals surface area contributed by atoms with Crippen molar-refractivity contribution < 1.29 is 9.59 Å². The average Bonchev–Trinajstić information content (AvgIpc) is 2.73. The molecule has 1 spiro atoms. The van der Waals surface area contributed by atoms with Gasteiger partial charge in [-0.1, -0.05) is 0 Å². The molecule has 3 saturated heterocycles. The third-order valence-electron chi connectivity index (χ3n) is 7.87. The van der Waals surface area contributed by atoms with Crippen LogP contribution in [0.5, 0.6) is 0 Å². The summed E-state index contributed by atoms with van der Waals surface area (Å²) >= 11 is 0. The van der Waals surface area contributed by atoms with Crippen LogP contribution in [0.3, 0.4) is 0 Å². The highest BCUT2D eigenvalue weighted by Crippen LogP contribution is 2.50. The topological polar surface area (TPSA) is 96.3 Å². The van der Waals surface area contributed by atoms with E-state index < -0.39 is 11.9 Å². The molecule has 1 atom stereocenters. The van der Waals surface area contributed by atoms with Crippen LogP contribution in [0.1, 0.15) is 68.9 Å². The number of nitrogens with one attached hydrogen (secondary N) is 2. The third-order valence-corrected chi connectivity index (χ3v) is 7.87. The van der Waals surface area contributed by atoms with Gasteiger partial charge in [-0.15, -0.1) is 0 Å². The summed E-state index contributed by atoms with van der Waals surface area (Å²) < 4.78 is 1.23. The first-order chi connectivity index (χ1) is 14.5. The predicted octanol–water partition coefficient (Wildman–Crippen LogP) is 0.933. The maximum absolute atomic E-state index is 12.6. The number of imide groups is 1. The van der Waals surface area contributed by atoms with Crippen molar-refractivity contribution in [3.63, 3.8) is 0 Å². The minimum atomic E-state index is -0.688. The lowest BCUT2D eigenvalue weighted by Crippen LogP contribution is -2.55. The lowest BCUT2D eigenvalue weighted by atomic mass is 9.60. The Labute approximate surface area is 176 Å². The second-order valence-electron chi connectivity index (χ2n) is 9.66. The highest BCUT2D eigenvalue weighted by atomic mass is 16.2. The highest BCUT2D eigenvalue weighted by Gasteiger charge is 2.47. The normalized spacial score (nSPS) is 28.3. The minimum Gasteiger partial charge on any atom is -0.317 e. The van der Waals surface area contributed by atoms with E-state index >= 15 is 0 Å². The van der Waals surface area contributed by atoms with E-state index in [1.165, 1.54) is 43.5 Å². The number of aromatic nitrogens is 2. The Bertz CT molecular complexity index is 875. The van der Waals surface area contributed by atoms with E-state index in [1.54, 1.807) is 12.3 Å². The zero-order valence-corrected chi connectivity index (χ0v) is 17.4. The summed E-state index contributed by atoms with van der Waals surface area (Å²) in [6.45, 7) is 4.51. The highest BCUT2D eigenvalue weighted by molar-refractivity contribution is 5.99. The summed E-state index contributed by atoms with van der Waals surface area (Å²) in [6.07, 6.45) is 9.77. The van der Waals surface area contributed by atoms with E-state index in [1.807, 2.05) is 0 Å². The van der Waals surface area contributed by atoms with Crippen molar-refractivity contribution in [2.24, 2.45) is 5.41 Å². The fraction of sp³-hybridized carbons (Fsp3) is 0.727. The molecule has 8 heteroatoms. The van der Waals surface area contributed by atoms with Crippen LogP contribution in [0.25, 0.3) is 0 Å². The quantitative estimate of drug-likeness (QED) is 0.716. The van der Waals surface area contributed by atoms with Gasteiger partial charge in [0.25, 0.3) is 11.5 Å². The summed E-state index contributed by atoms with van der Waals surface area (Å²) in [5.74, 6) is -0.370. The van der Waals surface area contributed by atoms with E-state index in [0.29, 0.717) is 17.8 Å². The molecule has 30 heavy (non-hydrogen) atoms. The molecule has 1 aromatic heterocycles. The van der Waals surface area contributed by atoms with Crippen molar-refractivity contribution in [3.05, 3.63) is 28.2 Å². The number of hydrogen-bond donors (Lipinski definition) is 2. The van der Waals surface area contributed by atoms with Crippen LogP contribution in [0.4, 0.5) is 0 Å². The van der Waals surface area contributed by atoms with Crippen molar-refractivity contribution in [1.82, 2.24) is 25.3 Å². The third kappa shape index (κ3) is 3.71. The Morgan fingerprint density at radius 2 is 1.77 bits per heavy atom. The van der Waals surface area contributed by atoms with E-state index in [0.717, 1.165) is 37.5 Å². The number of piperidine rings is 3. The number of likely N-dealkylation sites (tertiary alicyclic amines) is 1. The SMILES string of the molecule is O=C1CCC(n2ncc(C3CCN(C4CC5(CCNCC5)C4)CC3)cc2=O)C(=O)N1. The largest absolute Gasteiger partial charge is 0.317 e. The van der Waals surface area contributed by atoms with Gasteiger partial charge in [0.15, 0.2) is 0 Å². The van der Waals surface area contributed by atoms with Crippen LogP contribution in [-0.4, -0.2) is 58.7 Å². The van der Waals surface area contributed by atoms with Crippen molar-refractivity contribution in [2.45, 2.75) is 69.4 Å². The Hall–Kier alpha value is -2.06. The summed E-state index contributed by atoms with van der Waals surface area (Å²) in [7, 11) is 0. The second kappa shape index (κ2) is 7.89. The minimum absolute atomic E-state index is 0.240. The Morgan fingerprint density at radius 3 is 2.43 bits per heavy atom. The Balaban J connectivity index is 1.18. The van der Waals surface area contributed by atoms with E-state index in [-0.39, 0.29) is 17.9 Å². The molecule has 5 rings (SSSR count). The predicted molar refractivity (Wildman–Crippen MR) is 111 cm³/mol. The van der Waals surface area contributed by atoms with E-state index in [9.17, 15) is 14.4 Å². The maximum Gasteiger partial charge on any atom is 0.267 e. The summed E-state index contributed by atoms with van der Waals surface area (Å²) in [5, 5.41) is 10.1. The summed E-state index contributed by atoms with van der Waals surface area (Å²) in [4.78, 5) is 38.7. The number of carbonyl (C=O) groups is 2. The summed E-state index contributed by atoms with van der Waals surface area (Å²) in [5.41, 5.74) is 1.33. The molecule has 1 aliphatic carbocycles. The molecule has 0 aromatic carbocycles.